The molecule has 0 saturated heterocycles. The van der Waals surface area contributed by atoms with Crippen LogP contribution in [0.2, 0.25) is 0 Å². The average Bonchev–Trinajstić information content (AvgIpc) is 2.76. The van der Waals surface area contributed by atoms with Crippen LogP contribution in [0.15, 0.2) is 42.7 Å². The molecule has 1 N–H and O–H groups in total. The third kappa shape index (κ3) is 2.44. The number of hydrogen-bond donors (Lipinski definition) is 1. The van der Waals surface area contributed by atoms with Crippen molar-refractivity contribution >= 4 is 0 Å². The fraction of sp³-hybridized carbons (Fsp3) is 0.250. The first kappa shape index (κ1) is 9.93. The maximum absolute atomic E-state index is 8.72. The lowest BCUT2D eigenvalue weighted by Gasteiger charge is -1.98. The third-order valence-electron chi connectivity index (χ3n) is 2.28. The monoisotopic (exact) mass is 202 g/mol. The first-order valence-corrected chi connectivity index (χ1v) is 5.10. The van der Waals surface area contributed by atoms with Crippen molar-refractivity contribution in [3.8, 4) is 5.69 Å². The highest BCUT2D eigenvalue weighted by Crippen LogP contribution is 2.08. The minimum absolute atomic E-state index is 0.233. The Morgan fingerprint density at radius 2 is 2.00 bits per heavy atom. The molecular formula is C12H14N2O. The van der Waals surface area contributed by atoms with Crippen LogP contribution in [0.4, 0.5) is 0 Å². The number of aryl methyl sites for hydroxylation is 1. The van der Waals surface area contributed by atoms with Crippen LogP contribution in [0.5, 0.6) is 0 Å². The summed E-state index contributed by atoms with van der Waals surface area (Å²) >= 11 is 0. The van der Waals surface area contributed by atoms with E-state index in [2.05, 4.69) is 5.10 Å². The van der Waals surface area contributed by atoms with Gasteiger partial charge in [0.1, 0.15) is 0 Å². The van der Waals surface area contributed by atoms with Crippen molar-refractivity contribution in [2.24, 2.45) is 0 Å². The van der Waals surface area contributed by atoms with Crippen LogP contribution >= 0.6 is 0 Å². The van der Waals surface area contributed by atoms with Gasteiger partial charge < -0.3 is 5.11 Å². The van der Waals surface area contributed by atoms with Gasteiger partial charge in [0.25, 0.3) is 0 Å². The quantitative estimate of drug-likeness (QED) is 0.821. The molecule has 0 unspecified atom stereocenters. The molecule has 1 heterocycles. The topological polar surface area (TPSA) is 38.1 Å². The lowest BCUT2D eigenvalue weighted by Crippen LogP contribution is -1.93. The lowest BCUT2D eigenvalue weighted by atomic mass is 10.2. The summed E-state index contributed by atoms with van der Waals surface area (Å²) in [6, 6.07) is 10.0. The number of aliphatic hydroxyl groups excluding tert-OH is 1. The van der Waals surface area contributed by atoms with Crippen LogP contribution in [-0.2, 0) is 6.42 Å². The van der Waals surface area contributed by atoms with E-state index in [1.54, 1.807) is 0 Å². The van der Waals surface area contributed by atoms with Gasteiger partial charge in [-0.2, -0.15) is 5.10 Å². The molecule has 1 aromatic carbocycles. The molecule has 3 nitrogen and oxygen atoms in total. The standard InChI is InChI=1S/C12H14N2O/c15-8-4-5-11-9-13-14(10-11)12-6-2-1-3-7-12/h1-3,6-7,9-10,15H,4-5,8H2. The van der Waals surface area contributed by atoms with Gasteiger partial charge in [-0.25, -0.2) is 4.68 Å². The van der Waals surface area contributed by atoms with E-state index in [-0.39, 0.29) is 6.61 Å². The minimum Gasteiger partial charge on any atom is -0.396 e. The zero-order valence-corrected chi connectivity index (χ0v) is 8.50. The molecule has 3 heteroatoms. The van der Waals surface area contributed by atoms with Crippen molar-refractivity contribution in [3.05, 3.63) is 48.3 Å². The molecule has 15 heavy (non-hydrogen) atoms. The fourth-order valence-electron chi connectivity index (χ4n) is 1.49. The molecule has 0 amide bonds. The first-order chi connectivity index (χ1) is 7.40. The van der Waals surface area contributed by atoms with Crippen LogP contribution in [0, 0.1) is 0 Å². The van der Waals surface area contributed by atoms with Crippen molar-refractivity contribution in [1.29, 1.82) is 0 Å². The highest BCUT2D eigenvalue weighted by Gasteiger charge is 1.99. The molecule has 1 aromatic heterocycles. The van der Waals surface area contributed by atoms with Crippen LogP contribution in [-0.4, -0.2) is 21.5 Å². The third-order valence-corrected chi connectivity index (χ3v) is 2.28. The van der Waals surface area contributed by atoms with Gasteiger partial charge in [0.15, 0.2) is 0 Å². The Bertz CT molecular complexity index is 409. The first-order valence-electron chi connectivity index (χ1n) is 5.10. The Hall–Kier alpha value is -1.61. The normalized spacial score (nSPS) is 10.5. The summed E-state index contributed by atoms with van der Waals surface area (Å²) in [7, 11) is 0. The zero-order chi connectivity index (χ0) is 10.5. The number of nitrogens with zero attached hydrogens (tertiary/aromatic N) is 2. The van der Waals surface area contributed by atoms with Gasteiger partial charge in [-0.05, 0) is 30.5 Å². The number of benzene rings is 1. The molecule has 0 aliphatic carbocycles. The predicted molar refractivity (Wildman–Crippen MR) is 59.0 cm³/mol. The summed E-state index contributed by atoms with van der Waals surface area (Å²) in [5.74, 6) is 0. The van der Waals surface area contributed by atoms with Gasteiger partial charge in [-0.15, -0.1) is 0 Å². The van der Waals surface area contributed by atoms with Gasteiger partial charge in [0.05, 0.1) is 11.9 Å². The van der Waals surface area contributed by atoms with Crippen LogP contribution in [0.25, 0.3) is 5.69 Å². The van der Waals surface area contributed by atoms with Gasteiger partial charge in [-0.1, -0.05) is 18.2 Å². The van der Waals surface area contributed by atoms with Gasteiger partial charge in [-0.3, -0.25) is 0 Å². The van der Waals surface area contributed by atoms with Crippen molar-refractivity contribution in [2.45, 2.75) is 12.8 Å². The van der Waals surface area contributed by atoms with Crippen molar-refractivity contribution in [3.63, 3.8) is 0 Å². The van der Waals surface area contributed by atoms with Gasteiger partial charge >= 0.3 is 0 Å². The van der Waals surface area contributed by atoms with E-state index in [1.165, 1.54) is 0 Å². The van der Waals surface area contributed by atoms with Gasteiger partial charge in [0.2, 0.25) is 0 Å². The Labute approximate surface area is 89.0 Å². The van der Waals surface area contributed by atoms with E-state index in [9.17, 15) is 0 Å². The van der Waals surface area contributed by atoms with Crippen molar-refractivity contribution in [2.75, 3.05) is 6.61 Å². The Balaban J connectivity index is 2.14. The van der Waals surface area contributed by atoms with Crippen LogP contribution in [0.1, 0.15) is 12.0 Å². The summed E-state index contributed by atoms with van der Waals surface area (Å²) in [4.78, 5) is 0. The molecular weight excluding hydrogens is 188 g/mol. The molecule has 0 atom stereocenters. The second-order valence-corrected chi connectivity index (χ2v) is 3.46. The molecule has 0 spiro atoms. The zero-order valence-electron chi connectivity index (χ0n) is 8.50. The summed E-state index contributed by atoms with van der Waals surface area (Å²) in [6.45, 7) is 0.233. The number of aliphatic hydroxyl groups is 1. The number of aromatic nitrogens is 2. The molecule has 78 valence electrons. The Morgan fingerprint density at radius 3 is 2.73 bits per heavy atom. The molecule has 0 aliphatic rings. The Morgan fingerprint density at radius 1 is 1.20 bits per heavy atom. The highest BCUT2D eigenvalue weighted by molar-refractivity contribution is 5.30. The van der Waals surface area contributed by atoms with E-state index in [0.717, 1.165) is 24.1 Å². The second kappa shape index (κ2) is 4.75. The minimum atomic E-state index is 0.233. The van der Waals surface area contributed by atoms with E-state index < -0.39 is 0 Å². The summed E-state index contributed by atoms with van der Waals surface area (Å²) in [6.07, 6.45) is 5.53. The summed E-state index contributed by atoms with van der Waals surface area (Å²) < 4.78 is 1.85. The smallest absolute Gasteiger partial charge is 0.0645 e. The van der Waals surface area contributed by atoms with E-state index in [0.29, 0.717) is 0 Å². The summed E-state index contributed by atoms with van der Waals surface area (Å²) in [5.41, 5.74) is 2.22. The van der Waals surface area contributed by atoms with Crippen LogP contribution < -0.4 is 0 Å². The fourth-order valence-corrected chi connectivity index (χ4v) is 1.49. The highest BCUT2D eigenvalue weighted by atomic mass is 16.2. The largest absolute Gasteiger partial charge is 0.396 e. The molecule has 2 aromatic rings. The van der Waals surface area contributed by atoms with E-state index in [1.807, 2.05) is 47.4 Å². The van der Waals surface area contributed by atoms with Crippen molar-refractivity contribution in [1.82, 2.24) is 9.78 Å². The number of para-hydroxylation sites is 1. The second-order valence-electron chi connectivity index (χ2n) is 3.46. The number of rotatable bonds is 4. The van der Waals surface area contributed by atoms with E-state index in [4.69, 9.17) is 5.11 Å². The molecule has 2 rings (SSSR count). The lowest BCUT2D eigenvalue weighted by molar-refractivity contribution is 0.288. The number of hydrogen-bond acceptors (Lipinski definition) is 2. The van der Waals surface area contributed by atoms with Crippen LogP contribution in [0.3, 0.4) is 0 Å². The molecule has 0 fully saturated rings. The maximum Gasteiger partial charge on any atom is 0.0645 e. The summed E-state index contributed by atoms with van der Waals surface area (Å²) in [5, 5.41) is 13.0. The maximum atomic E-state index is 8.72. The molecule has 0 aliphatic heterocycles. The molecule has 0 bridgehead atoms. The van der Waals surface area contributed by atoms with Crippen molar-refractivity contribution < 1.29 is 5.11 Å². The average molecular weight is 202 g/mol. The molecule has 0 radical (unpaired) electrons. The Kier molecular flexibility index (Phi) is 3.15. The predicted octanol–water partition coefficient (Wildman–Crippen LogP) is 1.80. The van der Waals surface area contributed by atoms with Gasteiger partial charge in [0, 0.05) is 12.8 Å². The van der Waals surface area contributed by atoms with E-state index >= 15 is 0 Å². The SMILES string of the molecule is OCCCc1cnn(-c2ccccc2)c1. The molecule has 0 saturated carbocycles.